The molecule has 6 nitrogen and oxygen atoms in total. The molecule has 24 heavy (non-hydrogen) atoms. The van der Waals surface area contributed by atoms with Crippen molar-refractivity contribution in [2.45, 2.75) is 19.8 Å². The summed E-state index contributed by atoms with van der Waals surface area (Å²) in [5.41, 5.74) is 1.41. The SMILES string of the molecule is Cc1ccc(O)c(/C=C2\SC(=O)N(CC(=O)N3CCCC3)C2=O)c1. The lowest BCUT2D eigenvalue weighted by molar-refractivity contribution is -0.135. The standard InChI is InChI=1S/C17H18N2O4S/c1-11-4-5-13(20)12(8-11)9-14-16(22)19(17(23)24-14)10-15(21)18-6-2-3-7-18/h4-5,8-9,20H,2-3,6-7,10H2,1H3/b14-9-. The number of phenolic OH excluding ortho intramolecular Hbond substituents is 1. The van der Waals surface area contributed by atoms with Crippen LogP contribution in [0, 0.1) is 6.92 Å². The Hall–Kier alpha value is -2.28. The highest BCUT2D eigenvalue weighted by molar-refractivity contribution is 8.18. The molecule has 0 bridgehead atoms. The summed E-state index contributed by atoms with van der Waals surface area (Å²) in [6.07, 6.45) is 3.41. The number of carbonyl (C=O) groups excluding carboxylic acids is 3. The summed E-state index contributed by atoms with van der Waals surface area (Å²) in [6.45, 7) is 3.02. The monoisotopic (exact) mass is 346 g/mol. The largest absolute Gasteiger partial charge is 0.507 e. The first-order valence-corrected chi connectivity index (χ1v) is 8.60. The Morgan fingerprint density at radius 2 is 2.00 bits per heavy atom. The highest BCUT2D eigenvalue weighted by Crippen LogP contribution is 2.34. The average Bonchev–Trinajstić information content (AvgIpc) is 3.16. The van der Waals surface area contributed by atoms with E-state index in [4.69, 9.17) is 0 Å². The lowest BCUT2D eigenvalue weighted by Crippen LogP contribution is -2.40. The molecule has 3 rings (SSSR count). The van der Waals surface area contributed by atoms with Gasteiger partial charge in [0.2, 0.25) is 5.91 Å². The van der Waals surface area contributed by atoms with E-state index >= 15 is 0 Å². The molecule has 2 aliphatic rings. The van der Waals surface area contributed by atoms with Crippen LogP contribution < -0.4 is 0 Å². The number of nitrogens with zero attached hydrogens (tertiary/aromatic N) is 2. The Morgan fingerprint density at radius 1 is 1.29 bits per heavy atom. The second kappa shape index (κ2) is 6.68. The first-order valence-electron chi connectivity index (χ1n) is 7.78. The minimum Gasteiger partial charge on any atom is -0.507 e. The van der Waals surface area contributed by atoms with Crippen LogP contribution in [0.3, 0.4) is 0 Å². The molecule has 126 valence electrons. The second-order valence-electron chi connectivity index (χ2n) is 5.92. The van der Waals surface area contributed by atoms with Crippen LogP contribution in [-0.4, -0.2) is 51.6 Å². The fourth-order valence-electron chi connectivity index (χ4n) is 2.77. The van der Waals surface area contributed by atoms with Crippen LogP contribution in [-0.2, 0) is 9.59 Å². The predicted molar refractivity (Wildman–Crippen MR) is 91.3 cm³/mol. The zero-order valence-corrected chi connectivity index (χ0v) is 14.1. The smallest absolute Gasteiger partial charge is 0.294 e. The van der Waals surface area contributed by atoms with Crippen LogP contribution in [0.25, 0.3) is 6.08 Å². The molecule has 1 N–H and O–H groups in total. The number of amides is 3. The number of hydrogen-bond donors (Lipinski definition) is 1. The van der Waals surface area contributed by atoms with Gasteiger partial charge in [0.15, 0.2) is 0 Å². The number of rotatable bonds is 3. The summed E-state index contributed by atoms with van der Waals surface area (Å²) >= 11 is 0.792. The van der Waals surface area contributed by atoms with Crippen LogP contribution in [0.2, 0.25) is 0 Å². The van der Waals surface area contributed by atoms with Gasteiger partial charge in [0.25, 0.3) is 11.1 Å². The zero-order valence-electron chi connectivity index (χ0n) is 13.3. The topological polar surface area (TPSA) is 77.9 Å². The van der Waals surface area contributed by atoms with Gasteiger partial charge in [-0.1, -0.05) is 11.6 Å². The van der Waals surface area contributed by atoms with Crippen molar-refractivity contribution in [1.82, 2.24) is 9.80 Å². The molecule has 2 saturated heterocycles. The summed E-state index contributed by atoms with van der Waals surface area (Å²) in [6, 6.07) is 5.04. The number of carbonyl (C=O) groups is 3. The first-order chi connectivity index (χ1) is 11.5. The predicted octanol–water partition coefficient (Wildman–Crippen LogP) is 2.36. The van der Waals surface area contributed by atoms with Gasteiger partial charge >= 0.3 is 0 Å². The Balaban J connectivity index is 1.77. The molecule has 3 amide bonds. The fourth-order valence-corrected chi connectivity index (χ4v) is 3.60. The van der Waals surface area contributed by atoms with E-state index in [0.29, 0.717) is 18.7 Å². The third-order valence-corrected chi connectivity index (χ3v) is 5.00. The van der Waals surface area contributed by atoms with Gasteiger partial charge in [0, 0.05) is 18.7 Å². The normalized spacial score (nSPS) is 19.6. The Labute approximate surface area is 144 Å². The quantitative estimate of drug-likeness (QED) is 0.850. The number of aryl methyl sites for hydroxylation is 1. The van der Waals surface area contributed by atoms with Crippen molar-refractivity contribution in [2.75, 3.05) is 19.6 Å². The summed E-state index contributed by atoms with van der Waals surface area (Å²) in [5.74, 6) is -0.645. The molecule has 0 atom stereocenters. The maximum atomic E-state index is 12.4. The fraction of sp³-hybridized carbons (Fsp3) is 0.353. The van der Waals surface area contributed by atoms with Crippen molar-refractivity contribution >= 4 is 34.9 Å². The minimum atomic E-state index is -0.488. The number of thioether (sulfide) groups is 1. The van der Waals surface area contributed by atoms with Gasteiger partial charge < -0.3 is 10.0 Å². The van der Waals surface area contributed by atoms with E-state index in [2.05, 4.69) is 0 Å². The summed E-state index contributed by atoms with van der Waals surface area (Å²) in [4.78, 5) is 39.6. The van der Waals surface area contributed by atoms with E-state index in [9.17, 15) is 19.5 Å². The number of benzene rings is 1. The molecule has 2 heterocycles. The summed E-state index contributed by atoms with van der Waals surface area (Å²) < 4.78 is 0. The molecule has 0 aromatic heterocycles. The van der Waals surface area contributed by atoms with Crippen LogP contribution >= 0.6 is 11.8 Å². The lowest BCUT2D eigenvalue weighted by atomic mass is 10.1. The van der Waals surface area contributed by atoms with Crippen molar-refractivity contribution in [3.63, 3.8) is 0 Å². The van der Waals surface area contributed by atoms with Gasteiger partial charge in [-0.05, 0) is 49.7 Å². The van der Waals surface area contributed by atoms with E-state index in [1.165, 1.54) is 6.08 Å². The van der Waals surface area contributed by atoms with Gasteiger partial charge in [0.05, 0.1) is 4.91 Å². The number of imide groups is 1. The Morgan fingerprint density at radius 3 is 2.71 bits per heavy atom. The van der Waals surface area contributed by atoms with Crippen LogP contribution in [0.15, 0.2) is 23.1 Å². The second-order valence-corrected chi connectivity index (χ2v) is 6.91. The van der Waals surface area contributed by atoms with Crippen LogP contribution in [0.1, 0.15) is 24.0 Å². The van der Waals surface area contributed by atoms with Crippen molar-refractivity contribution in [3.05, 3.63) is 34.2 Å². The molecule has 1 aromatic rings. The molecule has 1 aromatic carbocycles. The average molecular weight is 346 g/mol. The third-order valence-electron chi connectivity index (χ3n) is 4.10. The van der Waals surface area contributed by atoms with Gasteiger partial charge in [-0.3, -0.25) is 19.3 Å². The molecule has 0 spiro atoms. The minimum absolute atomic E-state index is 0.0422. The van der Waals surface area contributed by atoms with Crippen molar-refractivity contribution in [3.8, 4) is 5.75 Å². The number of hydrogen-bond acceptors (Lipinski definition) is 5. The summed E-state index contributed by atoms with van der Waals surface area (Å²) in [5, 5.41) is 9.43. The molecule has 0 radical (unpaired) electrons. The molecule has 0 aliphatic carbocycles. The number of phenols is 1. The number of likely N-dealkylation sites (tertiary alicyclic amines) is 1. The highest BCUT2D eigenvalue weighted by Gasteiger charge is 2.37. The van der Waals surface area contributed by atoms with Gasteiger partial charge in [-0.15, -0.1) is 0 Å². The van der Waals surface area contributed by atoms with Crippen LogP contribution in [0.5, 0.6) is 5.75 Å². The van der Waals surface area contributed by atoms with Crippen LogP contribution in [0.4, 0.5) is 4.79 Å². The van der Waals surface area contributed by atoms with Crippen molar-refractivity contribution < 1.29 is 19.5 Å². The van der Waals surface area contributed by atoms with Crippen molar-refractivity contribution in [1.29, 1.82) is 0 Å². The zero-order chi connectivity index (χ0) is 17.3. The molecular formula is C17H18N2O4S. The van der Waals surface area contributed by atoms with E-state index in [1.807, 2.05) is 6.92 Å². The molecule has 2 fully saturated rings. The molecule has 7 heteroatoms. The summed E-state index contributed by atoms with van der Waals surface area (Å²) in [7, 11) is 0. The Bertz CT molecular complexity index is 738. The maximum Gasteiger partial charge on any atom is 0.294 e. The third kappa shape index (κ3) is 3.31. The maximum absolute atomic E-state index is 12.4. The molecule has 0 saturated carbocycles. The molecular weight excluding hydrogens is 328 g/mol. The van der Waals surface area contributed by atoms with Gasteiger partial charge in [-0.2, -0.15) is 0 Å². The number of aromatic hydroxyl groups is 1. The van der Waals surface area contributed by atoms with E-state index in [-0.39, 0.29) is 23.1 Å². The molecule has 0 unspecified atom stereocenters. The van der Waals surface area contributed by atoms with E-state index in [1.54, 1.807) is 23.1 Å². The highest BCUT2D eigenvalue weighted by atomic mass is 32.2. The van der Waals surface area contributed by atoms with E-state index < -0.39 is 11.1 Å². The molecule has 2 aliphatic heterocycles. The van der Waals surface area contributed by atoms with Gasteiger partial charge in [-0.25, -0.2) is 0 Å². The lowest BCUT2D eigenvalue weighted by Gasteiger charge is -2.18. The van der Waals surface area contributed by atoms with Gasteiger partial charge in [0.1, 0.15) is 12.3 Å². The first kappa shape index (κ1) is 16.6. The Kier molecular flexibility index (Phi) is 4.62. The van der Waals surface area contributed by atoms with Crippen molar-refractivity contribution in [2.24, 2.45) is 0 Å². The van der Waals surface area contributed by atoms with E-state index in [0.717, 1.165) is 35.1 Å².